The molecule has 1 atom stereocenters. The Morgan fingerprint density at radius 3 is 2.58 bits per heavy atom. The number of hydrogen-bond acceptors (Lipinski definition) is 7. The van der Waals surface area contributed by atoms with E-state index in [2.05, 4.69) is 44.2 Å². The number of nitrogens with zero attached hydrogens (tertiary/aromatic N) is 3. The number of rotatable bonds is 8. The third kappa shape index (κ3) is 6.65. The number of carbonyl (C=O) groups is 1. The van der Waals surface area contributed by atoms with E-state index in [1.165, 1.54) is 23.3 Å². The second kappa shape index (κ2) is 14.1. The summed E-state index contributed by atoms with van der Waals surface area (Å²) in [4.78, 5) is 17.2. The molecule has 9 heteroatoms. The van der Waals surface area contributed by atoms with E-state index in [9.17, 15) is 9.18 Å². The van der Waals surface area contributed by atoms with Gasteiger partial charge in [0.2, 0.25) is 0 Å². The SMILES string of the molecule is CC.CNC(=O)c1c(-c2ccc(F)cc2)oc2cc(N(C)SC)c([C@@H]3CCCN(SCc4ccncc4)C3)cc12. The van der Waals surface area contributed by atoms with E-state index in [0.29, 0.717) is 28.4 Å². The van der Waals surface area contributed by atoms with E-state index in [-0.39, 0.29) is 11.7 Å². The number of benzene rings is 2. The lowest BCUT2D eigenvalue weighted by atomic mass is 9.89. The highest BCUT2D eigenvalue weighted by Crippen LogP contribution is 2.43. The van der Waals surface area contributed by atoms with Gasteiger partial charge in [0, 0.05) is 68.6 Å². The number of carbonyl (C=O) groups excluding carboxylic acids is 1. The molecule has 1 amide bonds. The quantitative estimate of drug-likeness (QED) is 0.214. The Kier molecular flexibility index (Phi) is 10.5. The summed E-state index contributed by atoms with van der Waals surface area (Å²) in [7, 11) is 3.67. The lowest BCUT2D eigenvalue weighted by Gasteiger charge is -2.34. The number of nitrogens with one attached hydrogen (secondary N) is 1. The van der Waals surface area contributed by atoms with Crippen LogP contribution in [0.25, 0.3) is 22.3 Å². The average Bonchev–Trinajstić information content (AvgIpc) is 3.39. The van der Waals surface area contributed by atoms with Crippen LogP contribution in [0.3, 0.4) is 0 Å². The molecule has 0 unspecified atom stereocenters. The zero-order valence-corrected chi connectivity index (χ0v) is 25.4. The number of piperidine rings is 1. The third-order valence-corrected chi connectivity index (χ3v) is 8.90. The second-order valence-corrected chi connectivity index (χ2v) is 11.3. The Balaban J connectivity index is 0.00000181. The van der Waals surface area contributed by atoms with Crippen LogP contribution in [-0.2, 0) is 5.75 Å². The molecule has 2 aromatic carbocycles. The van der Waals surface area contributed by atoms with E-state index in [1.54, 1.807) is 31.1 Å². The Morgan fingerprint density at radius 2 is 1.90 bits per heavy atom. The zero-order valence-electron chi connectivity index (χ0n) is 23.7. The average molecular weight is 581 g/mol. The van der Waals surface area contributed by atoms with E-state index >= 15 is 0 Å². The van der Waals surface area contributed by atoms with Crippen LogP contribution in [0.4, 0.5) is 10.1 Å². The zero-order chi connectivity index (χ0) is 28.6. The number of amides is 1. The Bertz CT molecular complexity index is 1410. The van der Waals surface area contributed by atoms with Crippen LogP contribution in [0.1, 0.15) is 54.1 Å². The van der Waals surface area contributed by atoms with Crippen molar-refractivity contribution < 1.29 is 13.6 Å². The minimum Gasteiger partial charge on any atom is -0.455 e. The standard InChI is InChI=1S/C29H31FN4O2S2.C2H6/c1-31-29(35)27-24-15-23(21-5-4-14-34(17-21)38-18-19-10-12-32-13-11-19)25(33(2)37-3)16-26(24)36-28(27)20-6-8-22(30)9-7-20;1-2/h6-13,15-16,21H,4-5,14,17-18H2,1-3H3,(H,31,35);1-2H3/t21-;/m1./s1. The lowest BCUT2D eigenvalue weighted by Crippen LogP contribution is -2.30. The summed E-state index contributed by atoms with van der Waals surface area (Å²) in [5.74, 6) is 1.12. The van der Waals surface area contributed by atoms with Gasteiger partial charge in [0.25, 0.3) is 5.91 Å². The summed E-state index contributed by atoms with van der Waals surface area (Å²) in [5.41, 5.74) is 5.34. The van der Waals surface area contributed by atoms with Crippen LogP contribution in [-0.4, -0.2) is 48.6 Å². The fourth-order valence-electron chi connectivity index (χ4n) is 4.96. The van der Waals surface area contributed by atoms with Crippen LogP contribution in [0, 0.1) is 5.82 Å². The van der Waals surface area contributed by atoms with Crippen molar-refractivity contribution in [1.29, 1.82) is 0 Å². The molecule has 0 radical (unpaired) electrons. The maximum absolute atomic E-state index is 13.6. The van der Waals surface area contributed by atoms with E-state index in [1.807, 2.05) is 50.5 Å². The summed E-state index contributed by atoms with van der Waals surface area (Å²) in [6.45, 7) is 5.97. The monoisotopic (exact) mass is 580 g/mol. The van der Waals surface area contributed by atoms with Crippen molar-refractivity contribution in [2.24, 2.45) is 0 Å². The summed E-state index contributed by atoms with van der Waals surface area (Å²) in [6.07, 6.45) is 7.90. The number of pyridine rings is 1. The molecule has 4 aromatic rings. The van der Waals surface area contributed by atoms with E-state index < -0.39 is 0 Å². The lowest BCUT2D eigenvalue weighted by molar-refractivity contribution is 0.0964. The molecule has 0 saturated carbocycles. The first kappa shape index (κ1) is 30.0. The largest absolute Gasteiger partial charge is 0.455 e. The van der Waals surface area contributed by atoms with Crippen molar-refractivity contribution in [3.63, 3.8) is 0 Å². The number of aromatic nitrogens is 1. The molecule has 0 aliphatic carbocycles. The number of halogens is 1. The van der Waals surface area contributed by atoms with Gasteiger partial charge in [-0.25, -0.2) is 8.70 Å². The highest BCUT2D eigenvalue weighted by Gasteiger charge is 2.29. The maximum atomic E-state index is 13.6. The van der Waals surface area contributed by atoms with E-state index in [0.717, 1.165) is 42.8 Å². The smallest absolute Gasteiger partial charge is 0.255 e. The van der Waals surface area contributed by atoms with Crippen molar-refractivity contribution in [2.75, 3.05) is 37.7 Å². The van der Waals surface area contributed by atoms with Crippen LogP contribution in [0.15, 0.2) is 65.3 Å². The topological polar surface area (TPSA) is 61.6 Å². The van der Waals surface area contributed by atoms with Gasteiger partial charge >= 0.3 is 0 Å². The fourth-order valence-corrected chi connectivity index (χ4v) is 6.38. The first-order valence-corrected chi connectivity index (χ1v) is 15.7. The van der Waals surface area contributed by atoms with Crippen molar-refractivity contribution in [3.8, 4) is 11.3 Å². The predicted molar refractivity (Wildman–Crippen MR) is 167 cm³/mol. The summed E-state index contributed by atoms with van der Waals surface area (Å²) < 4.78 is 24.5. The van der Waals surface area contributed by atoms with Gasteiger partial charge < -0.3 is 14.0 Å². The predicted octanol–water partition coefficient (Wildman–Crippen LogP) is 7.76. The molecule has 212 valence electrons. The molecular formula is C31H37FN4O2S2. The molecule has 5 rings (SSSR count). The van der Waals surface area contributed by atoms with Crippen LogP contribution in [0.5, 0.6) is 0 Å². The fraction of sp³-hybridized carbons (Fsp3) is 0.355. The first-order valence-electron chi connectivity index (χ1n) is 13.6. The van der Waals surface area contributed by atoms with Gasteiger partial charge in [0.15, 0.2) is 0 Å². The molecule has 1 aliphatic rings. The molecule has 3 heterocycles. The van der Waals surface area contributed by atoms with Crippen molar-refractivity contribution in [1.82, 2.24) is 14.6 Å². The van der Waals surface area contributed by atoms with Gasteiger partial charge in [-0.3, -0.25) is 9.78 Å². The minimum absolute atomic E-state index is 0.224. The molecule has 0 spiro atoms. The summed E-state index contributed by atoms with van der Waals surface area (Å²) in [5, 5.41) is 3.54. The van der Waals surface area contributed by atoms with Crippen LogP contribution >= 0.6 is 23.9 Å². The molecule has 6 nitrogen and oxygen atoms in total. The Hall–Kier alpha value is -3.01. The van der Waals surface area contributed by atoms with Crippen molar-refractivity contribution in [2.45, 2.75) is 38.4 Å². The number of hydrogen-bond donors (Lipinski definition) is 1. The molecule has 1 N–H and O–H groups in total. The minimum atomic E-state index is -0.332. The second-order valence-electron chi connectivity index (χ2n) is 9.34. The van der Waals surface area contributed by atoms with E-state index in [4.69, 9.17) is 4.42 Å². The molecule has 0 bridgehead atoms. The highest BCUT2D eigenvalue weighted by molar-refractivity contribution is 7.99. The van der Waals surface area contributed by atoms with Crippen molar-refractivity contribution in [3.05, 3.63) is 83.4 Å². The normalized spacial score (nSPS) is 15.4. The van der Waals surface area contributed by atoms with Gasteiger partial charge in [0.05, 0.1) is 11.3 Å². The first-order chi connectivity index (χ1) is 19.5. The Morgan fingerprint density at radius 1 is 1.18 bits per heavy atom. The molecule has 2 aromatic heterocycles. The molecule has 1 fully saturated rings. The molecule has 40 heavy (non-hydrogen) atoms. The number of furan rings is 1. The van der Waals surface area contributed by atoms with Crippen LogP contribution in [0.2, 0.25) is 0 Å². The number of fused-ring (bicyclic) bond motifs is 1. The van der Waals surface area contributed by atoms with Gasteiger partial charge in [-0.1, -0.05) is 37.7 Å². The van der Waals surface area contributed by atoms with Gasteiger partial charge in [-0.2, -0.15) is 0 Å². The third-order valence-electron chi connectivity index (χ3n) is 7.00. The highest BCUT2D eigenvalue weighted by atomic mass is 32.2. The van der Waals surface area contributed by atoms with Gasteiger partial charge in [-0.05, 0) is 72.4 Å². The molecule has 1 aliphatic heterocycles. The summed E-state index contributed by atoms with van der Waals surface area (Å²) >= 11 is 3.50. The summed E-state index contributed by atoms with van der Waals surface area (Å²) in [6, 6.07) is 14.4. The van der Waals surface area contributed by atoms with Gasteiger partial charge in [-0.15, -0.1) is 0 Å². The molecule has 1 saturated heterocycles. The van der Waals surface area contributed by atoms with Crippen LogP contribution < -0.4 is 9.62 Å². The molecular weight excluding hydrogens is 543 g/mol. The number of anilines is 1. The Labute approximate surface area is 245 Å². The maximum Gasteiger partial charge on any atom is 0.255 e. The van der Waals surface area contributed by atoms with Crippen molar-refractivity contribution >= 4 is 46.5 Å². The van der Waals surface area contributed by atoms with Gasteiger partial charge in [0.1, 0.15) is 17.2 Å².